The number of nitrogens with two attached hydrogens (primary N) is 1. The molecule has 1 aliphatic rings. The molecule has 1 aliphatic carbocycles. The third kappa shape index (κ3) is 4.85. The van der Waals surface area contributed by atoms with Gasteiger partial charge in [-0.15, -0.1) is 0 Å². The molecule has 0 aliphatic heterocycles. The molecule has 3 heteroatoms. The Bertz CT molecular complexity index is 447. The summed E-state index contributed by atoms with van der Waals surface area (Å²) in [6.45, 7) is 4.88. The summed E-state index contributed by atoms with van der Waals surface area (Å²) in [7, 11) is 0. The summed E-state index contributed by atoms with van der Waals surface area (Å²) in [5, 5.41) is 2.98. The third-order valence-corrected chi connectivity index (χ3v) is 4.50. The van der Waals surface area contributed by atoms with Gasteiger partial charge in [0.2, 0.25) is 5.91 Å². The molecule has 21 heavy (non-hydrogen) atoms. The third-order valence-electron chi connectivity index (χ3n) is 4.50. The van der Waals surface area contributed by atoms with Crippen molar-refractivity contribution in [3.8, 4) is 0 Å². The molecule has 116 valence electrons. The van der Waals surface area contributed by atoms with Crippen molar-refractivity contribution in [2.75, 3.05) is 6.54 Å². The van der Waals surface area contributed by atoms with Crippen LogP contribution in [-0.2, 0) is 4.79 Å². The zero-order valence-electron chi connectivity index (χ0n) is 13.3. The fourth-order valence-electron chi connectivity index (χ4n) is 3.02. The molecular weight excluding hydrogens is 260 g/mol. The first-order valence-corrected chi connectivity index (χ1v) is 8.18. The molecule has 0 saturated heterocycles. The number of hydrogen-bond donors (Lipinski definition) is 2. The molecule has 1 amide bonds. The Hall–Kier alpha value is -1.35. The van der Waals surface area contributed by atoms with Crippen LogP contribution in [0.1, 0.15) is 69.0 Å². The summed E-state index contributed by atoms with van der Waals surface area (Å²) in [5.41, 5.74) is 8.56. The minimum Gasteiger partial charge on any atom is -0.354 e. The highest BCUT2D eigenvalue weighted by molar-refractivity contribution is 5.76. The van der Waals surface area contributed by atoms with Crippen molar-refractivity contribution >= 4 is 5.91 Å². The molecule has 2 rings (SSSR count). The largest absolute Gasteiger partial charge is 0.354 e. The summed E-state index contributed by atoms with van der Waals surface area (Å²) in [4.78, 5) is 11.9. The van der Waals surface area contributed by atoms with E-state index in [1.807, 2.05) is 0 Å². The molecule has 0 radical (unpaired) electrons. The van der Waals surface area contributed by atoms with E-state index in [4.69, 9.17) is 5.73 Å². The maximum atomic E-state index is 11.9. The van der Waals surface area contributed by atoms with Crippen molar-refractivity contribution in [1.82, 2.24) is 5.32 Å². The van der Waals surface area contributed by atoms with Gasteiger partial charge >= 0.3 is 0 Å². The molecule has 1 fully saturated rings. The highest BCUT2D eigenvalue weighted by Gasteiger charge is 2.18. The number of nitrogens with one attached hydrogen (secondary N) is 1. The number of hydrogen-bond acceptors (Lipinski definition) is 2. The van der Waals surface area contributed by atoms with Crippen molar-refractivity contribution in [3.63, 3.8) is 0 Å². The van der Waals surface area contributed by atoms with Crippen LogP contribution in [0.25, 0.3) is 0 Å². The average Bonchev–Trinajstić information content (AvgIpc) is 2.97. The Kier molecular flexibility index (Phi) is 5.80. The Labute approximate surface area is 128 Å². The molecule has 1 aromatic rings. The van der Waals surface area contributed by atoms with Gasteiger partial charge in [0.05, 0.1) is 0 Å². The number of carbonyl (C=O) groups is 1. The SMILES string of the molecule is CC(C)c1ccc(C(N)CNC(=O)CC2CCCC2)cc1. The second kappa shape index (κ2) is 7.60. The van der Waals surface area contributed by atoms with Gasteiger partial charge in [-0.25, -0.2) is 0 Å². The lowest BCUT2D eigenvalue weighted by Gasteiger charge is -2.15. The molecule has 0 heterocycles. The van der Waals surface area contributed by atoms with Crippen molar-refractivity contribution in [1.29, 1.82) is 0 Å². The Morgan fingerprint density at radius 3 is 2.33 bits per heavy atom. The van der Waals surface area contributed by atoms with E-state index in [2.05, 4.69) is 43.4 Å². The minimum absolute atomic E-state index is 0.126. The quantitative estimate of drug-likeness (QED) is 0.841. The van der Waals surface area contributed by atoms with Gasteiger partial charge in [0.25, 0.3) is 0 Å². The smallest absolute Gasteiger partial charge is 0.220 e. The highest BCUT2D eigenvalue weighted by Crippen LogP contribution is 2.27. The average molecular weight is 288 g/mol. The lowest BCUT2D eigenvalue weighted by Crippen LogP contribution is -2.32. The minimum atomic E-state index is -0.126. The standard InChI is InChI=1S/C18H28N2O/c1-13(2)15-7-9-16(10-8-15)17(19)12-20-18(21)11-14-5-3-4-6-14/h7-10,13-14,17H,3-6,11-12,19H2,1-2H3,(H,20,21). The number of benzene rings is 1. The van der Waals surface area contributed by atoms with Crippen LogP contribution in [0.4, 0.5) is 0 Å². The van der Waals surface area contributed by atoms with E-state index in [0.29, 0.717) is 24.8 Å². The lowest BCUT2D eigenvalue weighted by atomic mass is 9.99. The summed E-state index contributed by atoms with van der Waals surface area (Å²) < 4.78 is 0. The Morgan fingerprint density at radius 1 is 1.19 bits per heavy atom. The molecule has 0 spiro atoms. The zero-order chi connectivity index (χ0) is 15.2. The predicted molar refractivity (Wildman–Crippen MR) is 87.0 cm³/mol. The summed E-state index contributed by atoms with van der Waals surface area (Å²) in [6.07, 6.45) is 5.63. The van der Waals surface area contributed by atoms with Crippen molar-refractivity contribution in [3.05, 3.63) is 35.4 Å². The maximum absolute atomic E-state index is 11.9. The number of rotatable bonds is 6. The van der Waals surface area contributed by atoms with Gasteiger partial charge in [-0.2, -0.15) is 0 Å². The first-order chi connectivity index (χ1) is 10.1. The topological polar surface area (TPSA) is 55.1 Å². The van der Waals surface area contributed by atoms with Crippen LogP contribution in [0.2, 0.25) is 0 Å². The fraction of sp³-hybridized carbons (Fsp3) is 0.611. The second-order valence-electron chi connectivity index (χ2n) is 6.59. The maximum Gasteiger partial charge on any atom is 0.220 e. The Morgan fingerprint density at radius 2 is 1.76 bits per heavy atom. The zero-order valence-corrected chi connectivity index (χ0v) is 13.3. The van der Waals surface area contributed by atoms with Gasteiger partial charge in [-0.3, -0.25) is 4.79 Å². The molecule has 1 saturated carbocycles. The van der Waals surface area contributed by atoms with Crippen LogP contribution >= 0.6 is 0 Å². The van der Waals surface area contributed by atoms with E-state index >= 15 is 0 Å². The summed E-state index contributed by atoms with van der Waals surface area (Å²) >= 11 is 0. The van der Waals surface area contributed by atoms with E-state index < -0.39 is 0 Å². The van der Waals surface area contributed by atoms with Gasteiger partial charge < -0.3 is 11.1 Å². The molecular formula is C18H28N2O. The van der Waals surface area contributed by atoms with Gasteiger partial charge in [-0.05, 0) is 35.8 Å². The highest BCUT2D eigenvalue weighted by atomic mass is 16.1. The van der Waals surface area contributed by atoms with Gasteiger partial charge in [0, 0.05) is 19.0 Å². The normalized spacial score (nSPS) is 17.1. The van der Waals surface area contributed by atoms with Crippen molar-refractivity contribution in [2.24, 2.45) is 11.7 Å². The summed E-state index contributed by atoms with van der Waals surface area (Å²) in [6, 6.07) is 8.27. The molecule has 1 aromatic carbocycles. The molecule has 3 nitrogen and oxygen atoms in total. The van der Waals surface area contributed by atoms with Crippen LogP contribution in [0, 0.1) is 5.92 Å². The molecule has 0 bridgehead atoms. The van der Waals surface area contributed by atoms with Crippen LogP contribution in [-0.4, -0.2) is 12.5 Å². The summed E-state index contributed by atoms with van der Waals surface area (Å²) in [5.74, 6) is 1.27. The van der Waals surface area contributed by atoms with Crippen LogP contribution in [0.3, 0.4) is 0 Å². The van der Waals surface area contributed by atoms with E-state index in [9.17, 15) is 4.79 Å². The van der Waals surface area contributed by atoms with E-state index in [1.165, 1.54) is 31.2 Å². The number of amides is 1. The van der Waals surface area contributed by atoms with Crippen LogP contribution < -0.4 is 11.1 Å². The van der Waals surface area contributed by atoms with E-state index in [1.54, 1.807) is 0 Å². The first-order valence-electron chi connectivity index (χ1n) is 8.18. The van der Waals surface area contributed by atoms with Crippen molar-refractivity contribution in [2.45, 2.75) is 57.9 Å². The Balaban J connectivity index is 1.77. The molecule has 0 aromatic heterocycles. The second-order valence-corrected chi connectivity index (χ2v) is 6.59. The predicted octanol–water partition coefficient (Wildman–Crippen LogP) is 3.51. The number of carbonyl (C=O) groups excluding carboxylic acids is 1. The van der Waals surface area contributed by atoms with Crippen molar-refractivity contribution < 1.29 is 4.79 Å². The van der Waals surface area contributed by atoms with Gasteiger partial charge in [-0.1, -0.05) is 51.0 Å². The van der Waals surface area contributed by atoms with Crippen LogP contribution in [0.15, 0.2) is 24.3 Å². The molecule has 1 atom stereocenters. The fourth-order valence-corrected chi connectivity index (χ4v) is 3.02. The first kappa shape index (κ1) is 16.0. The van der Waals surface area contributed by atoms with Crippen LogP contribution in [0.5, 0.6) is 0 Å². The monoisotopic (exact) mass is 288 g/mol. The van der Waals surface area contributed by atoms with E-state index in [0.717, 1.165) is 5.56 Å². The van der Waals surface area contributed by atoms with Gasteiger partial charge in [0.1, 0.15) is 0 Å². The molecule has 3 N–H and O–H groups in total. The molecule has 1 unspecified atom stereocenters. The van der Waals surface area contributed by atoms with Gasteiger partial charge in [0.15, 0.2) is 0 Å². The van der Waals surface area contributed by atoms with E-state index in [-0.39, 0.29) is 11.9 Å². The lowest BCUT2D eigenvalue weighted by molar-refractivity contribution is -0.122.